The zero-order valence-electron chi connectivity index (χ0n) is 11.8. The molecule has 0 N–H and O–H groups in total. The summed E-state index contributed by atoms with van der Waals surface area (Å²) in [7, 11) is 1.84. The van der Waals surface area contributed by atoms with Crippen molar-refractivity contribution in [1.29, 1.82) is 0 Å². The first kappa shape index (κ1) is 15.6. The molecule has 21 heavy (non-hydrogen) atoms. The maximum absolute atomic E-state index is 12.4. The molecule has 0 aliphatic carbocycles. The summed E-state index contributed by atoms with van der Waals surface area (Å²) in [5.41, 5.74) is 1.79. The molecule has 0 atom stereocenters. The molecular weight excluding hydrogens is 309 g/mol. The Labute approximate surface area is 133 Å². The van der Waals surface area contributed by atoms with E-state index in [1.54, 1.807) is 30.5 Å². The largest absolute Gasteiger partial charge is 0.368 e. The summed E-state index contributed by atoms with van der Waals surface area (Å²) in [6, 6.07) is 6.81. The fourth-order valence-electron chi connectivity index (χ4n) is 1.95. The number of hydrogen-bond donors (Lipinski definition) is 0. The maximum atomic E-state index is 12.4. The average Bonchev–Trinajstić information content (AvgIpc) is 2.42. The van der Waals surface area contributed by atoms with Crippen LogP contribution < -0.4 is 10.5 Å². The molecule has 4 nitrogen and oxygen atoms in total. The van der Waals surface area contributed by atoms with Crippen molar-refractivity contribution in [2.24, 2.45) is 0 Å². The van der Waals surface area contributed by atoms with E-state index in [-0.39, 0.29) is 10.6 Å². The van der Waals surface area contributed by atoms with E-state index < -0.39 is 0 Å². The molecule has 110 valence electrons. The number of nitrogens with zero attached hydrogens (tertiary/aromatic N) is 3. The van der Waals surface area contributed by atoms with Crippen LogP contribution in [0.1, 0.15) is 6.92 Å². The molecule has 0 bridgehead atoms. The third-order valence-corrected chi connectivity index (χ3v) is 3.50. The van der Waals surface area contributed by atoms with Crippen LogP contribution in [-0.2, 0) is 0 Å². The highest BCUT2D eigenvalue weighted by molar-refractivity contribution is 6.33. The molecule has 0 radical (unpaired) electrons. The lowest BCUT2D eigenvalue weighted by molar-refractivity contribution is 0.799. The second kappa shape index (κ2) is 6.33. The number of anilines is 1. The molecule has 0 saturated heterocycles. The van der Waals surface area contributed by atoms with Gasteiger partial charge < -0.3 is 4.90 Å². The topological polar surface area (TPSA) is 38.1 Å². The van der Waals surface area contributed by atoms with E-state index in [2.05, 4.69) is 11.7 Å². The molecule has 0 unspecified atom stereocenters. The molecule has 0 aliphatic rings. The van der Waals surface area contributed by atoms with Gasteiger partial charge in [0.2, 0.25) is 0 Å². The fourth-order valence-corrected chi connectivity index (χ4v) is 2.35. The first-order valence-electron chi connectivity index (χ1n) is 6.29. The Morgan fingerprint density at radius 1 is 1.33 bits per heavy atom. The summed E-state index contributed by atoms with van der Waals surface area (Å²) >= 11 is 12.0. The van der Waals surface area contributed by atoms with Crippen molar-refractivity contribution in [2.75, 3.05) is 18.5 Å². The monoisotopic (exact) mass is 323 g/mol. The van der Waals surface area contributed by atoms with Gasteiger partial charge in [-0.05, 0) is 31.2 Å². The number of rotatable bonds is 4. The quantitative estimate of drug-likeness (QED) is 0.807. The predicted molar refractivity (Wildman–Crippen MR) is 87.9 cm³/mol. The van der Waals surface area contributed by atoms with Crippen LogP contribution in [0.4, 0.5) is 5.69 Å². The molecule has 0 amide bonds. The smallest absolute Gasteiger partial charge is 0.292 e. The molecule has 2 aromatic rings. The molecule has 0 aliphatic heterocycles. The Balaban J connectivity index is 2.44. The van der Waals surface area contributed by atoms with Crippen LogP contribution in [0.25, 0.3) is 5.69 Å². The van der Waals surface area contributed by atoms with Gasteiger partial charge in [-0.25, -0.2) is 0 Å². The van der Waals surface area contributed by atoms with Gasteiger partial charge in [-0.15, -0.1) is 0 Å². The molecule has 0 spiro atoms. The molecule has 6 heteroatoms. The average molecular weight is 324 g/mol. The van der Waals surface area contributed by atoms with Gasteiger partial charge >= 0.3 is 0 Å². The van der Waals surface area contributed by atoms with E-state index in [4.69, 9.17) is 23.2 Å². The van der Waals surface area contributed by atoms with Crippen molar-refractivity contribution in [3.63, 3.8) is 0 Å². The molecule has 0 saturated carbocycles. The van der Waals surface area contributed by atoms with Crippen molar-refractivity contribution < 1.29 is 0 Å². The van der Waals surface area contributed by atoms with E-state index in [1.165, 1.54) is 4.68 Å². The lowest BCUT2D eigenvalue weighted by atomic mass is 10.3. The molecule has 1 aromatic heterocycles. The van der Waals surface area contributed by atoms with Crippen molar-refractivity contribution in [1.82, 2.24) is 9.78 Å². The van der Waals surface area contributed by atoms with Crippen LogP contribution >= 0.6 is 23.2 Å². The van der Waals surface area contributed by atoms with Gasteiger partial charge in [0.15, 0.2) is 0 Å². The standard InChI is InChI=1S/C15H15Cl2N3O/c1-10(2)9-19(3)13-8-18-20(15(21)14(13)17)12-6-4-11(16)5-7-12/h4-8H,1,9H2,2-3H3. The number of aromatic nitrogens is 2. The third kappa shape index (κ3) is 3.46. The van der Waals surface area contributed by atoms with Crippen molar-refractivity contribution in [2.45, 2.75) is 6.92 Å². The van der Waals surface area contributed by atoms with Gasteiger partial charge in [0.1, 0.15) is 5.02 Å². The van der Waals surface area contributed by atoms with Crippen molar-refractivity contribution >= 4 is 28.9 Å². The van der Waals surface area contributed by atoms with Crippen molar-refractivity contribution in [3.8, 4) is 5.69 Å². The highest BCUT2D eigenvalue weighted by Gasteiger charge is 2.13. The Morgan fingerprint density at radius 2 is 1.95 bits per heavy atom. The Bertz CT molecular complexity index is 723. The van der Waals surface area contributed by atoms with Crippen LogP contribution in [0.15, 0.2) is 47.4 Å². The Kier molecular flexibility index (Phi) is 4.70. The molecule has 1 heterocycles. The number of hydrogen-bond acceptors (Lipinski definition) is 3. The third-order valence-electron chi connectivity index (χ3n) is 2.89. The van der Waals surface area contributed by atoms with Gasteiger partial charge in [0.25, 0.3) is 5.56 Å². The maximum Gasteiger partial charge on any atom is 0.292 e. The number of halogens is 2. The second-order valence-electron chi connectivity index (χ2n) is 4.85. The predicted octanol–water partition coefficient (Wildman–Crippen LogP) is 3.55. The van der Waals surface area contributed by atoms with E-state index in [0.717, 1.165) is 5.57 Å². The van der Waals surface area contributed by atoms with E-state index in [0.29, 0.717) is 22.9 Å². The van der Waals surface area contributed by atoms with Gasteiger partial charge in [-0.1, -0.05) is 35.4 Å². The lowest BCUT2D eigenvalue weighted by Gasteiger charge is -2.20. The Morgan fingerprint density at radius 3 is 2.52 bits per heavy atom. The normalized spacial score (nSPS) is 10.5. The van der Waals surface area contributed by atoms with E-state index >= 15 is 0 Å². The molecule has 2 rings (SSSR count). The van der Waals surface area contributed by atoms with Crippen molar-refractivity contribution in [3.05, 3.63) is 63.0 Å². The van der Waals surface area contributed by atoms with Gasteiger partial charge in [0, 0.05) is 18.6 Å². The van der Waals surface area contributed by atoms with Gasteiger partial charge in [-0.3, -0.25) is 4.79 Å². The van der Waals surface area contributed by atoms with Crippen LogP contribution in [0.5, 0.6) is 0 Å². The molecular formula is C15H15Cl2N3O. The zero-order chi connectivity index (χ0) is 15.6. The highest BCUT2D eigenvalue weighted by atomic mass is 35.5. The summed E-state index contributed by atoms with van der Waals surface area (Å²) in [6.07, 6.45) is 1.57. The number of likely N-dealkylation sites (N-methyl/N-ethyl adjacent to an activating group) is 1. The first-order valence-corrected chi connectivity index (χ1v) is 7.05. The highest BCUT2D eigenvalue weighted by Crippen LogP contribution is 2.21. The van der Waals surface area contributed by atoms with Crippen LogP contribution in [0.3, 0.4) is 0 Å². The minimum Gasteiger partial charge on any atom is -0.368 e. The van der Waals surface area contributed by atoms with Gasteiger partial charge in [0.05, 0.1) is 17.6 Å². The van der Waals surface area contributed by atoms with Gasteiger partial charge in [-0.2, -0.15) is 9.78 Å². The second-order valence-corrected chi connectivity index (χ2v) is 5.66. The summed E-state index contributed by atoms with van der Waals surface area (Å²) in [5.74, 6) is 0. The molecule has 0 fully saturated rings. The minimum atomic E-state index is -0.370. The lowest BCUT2D eigenvalue weighted by Crippen LogP contribution is -2.27. The SMILES string of the molecule is C=C(C)CN(C)c1cnn(-c2ccc(Cl)cc2)c(=O)c1Cl. The van der Waals surface area contributed by atoms with E-state index in [9.17, 15) is 4.79 Å². The first-order chi connectivity index (χ1) is 9.90. The Hall–Kier alpha value is -1.78. The molecule has 1 aromatic carbocycles. The fraction of sp³-hybridized carbons (Fsp3) is 0.200. The summed E-state index contributed by atoms with van der Waals surface area (Å²) in [4.78, 5) is 14.2. The van der Waals surface area contributed by atoms with Crippen LogP contribution in [-0.4, -0.2) is 23.4 Å². The summed E-state index contributed by atoms with van der Waals surface area (Å²) in [6.45, 7) is 6.36. The van der Waals surface area contributed by atoms with E-state index in [1.807, 2.05) is 18.9 Å². The minimum absolute atomic E-state index is 0.128. The summed E-state index contributed by atoms with van der Waals surface area (Å²) < 4.78 is 1.25. The zero-order valence-corrected chi connectivity index (χ0v) is 13.3. The van der Waals surface area contributed by atoms with Crippen LogP contribution in [0.2, 0.25) is 10.0 Å². The van der Waals surface area contributed by atoms with Crippen LogP contribution in [0, 0.1) is 0 Å². The number of benzene rings is 1. The summed E-state index contributed by atoms with van der Waals surface area (Å²) in [5, 5.41) is 4.89.